The Bertz CT molecular complexity index is 1070. The second-order valence-electron chi connectivity index (χ2n) is 6.92. The van der Waals surface area contributed by atoms with Crippen molar-refractivity contribution >= 4 is 10.9 Å². The van der Waals surface area contributed by atoms with Crippen molar-refractivity contribution in [2.24, 2.45) is 0 Å². The van der Waals surface area contributed by atoms with Crippen LogP contribution in [0.25, 0.3) is 28.0 Å². The first-order valence-electron chi connectivity index (χ1n) is 9.14. The third-order valence-corrected chi connectivity index (χ3v) is 5.24. The van der Waals surface area contributed by atoms with Gasteiger partial charge in [-0.1, -0.05) is 35.5 Å². The highest BCUT2D eigenvalue weighted by atomic mass is 16.3. The molecule has 1 aliphatic heterocycles. The number of rotatable bonds is 3. The number of nitrogens with zero attached hydrogens (tertiary/aromatic N) is 4. The number of piperidine rings is 1. The van der Waals surface area contributed by atoms with E-state index in [0.29, 0.717) is 6.54 Å². The molecule has 0 amide bonds. The number of β-amino-alcohol motifs (C(OH)–C–C–N with tert-alkyl or cyclic N) is 1. The average Bonchev–Trinajstić information content (AvgIpc) is 3.35. The minimum absolute atomic E-state index is 0.182. The molecule has 7 nitrogen and oxygen atoms in total. The first-order valence-corrected chi connectivity index (χ1v) is 9.14. The van der Waals surface area contributed by atoms with Crippen molar-refractivity contribution in [3.8, 4) is 17.1 Å². The number of hydrogen-bond acceptors (Lipinski definition) is 5. The van der Waals surface area contributed by atoms with E-state index in [1.54, 1.807) is 4.68 Å². The molecule has 1 aliphatic rings. The molecule has 1 fully saturated rings. The predicted octanol–water partition coefficient (Wildman–Crippen LogP) is 2.25. The Labute approximate surface area is 156 Å². The average molecular weight is 360 g/mol. The molecule has 0 spiro atoms. The Morgan fingerprint density at radius 1 is 1.07 bits per heavy atom. The monoisotopic (exact) mass is 360 g/mol. The molecule has 2 aromatic heterocycles. The van der Waals surface area contributed by atoms with Gasteiger partial charge in [0, 0.05) is 17.8 Å². The fourth-order valence-corrected chi connectivity index (χ4v) is 3.76. The minimum Gasteiger partial charge on any atom is -0.391 e. The summed E-state index contributed by atoms with van der Waals surface area (Å²) in [6.45, 7) is 1.59. The van der Waals surface area contributed by atoms with E-state index in [1.165, 1.54) is 0 Å². The summed E-state index contributed by atoms with van der Waals surface area (Å²) in [6, 6.07) is 16.1. The summed E-state index contributed by atoms with van der Waals surface area (Å²) >= 11 is 0. The predicted molar refractivity (Wildman–Crippen MR) is 103 cm³/mol. The summed E-state index contributed by atoms with van der Waals surface area (Å²) in [7, 11) is 0. The maximum atomic E-state index is 10.2. The van der Waals surface area contributed by atoms with Gasteiger partial charge in [0.15, 0.2) is 0 Å². The second-order valence-corrected chi connectivity index (χ2v) is 6.92. The molecule has 1 saturated heterocycles. The topological polar surface area (TPSA) is 91.7 Å². The number of fused-ring (bicyclic) bond motifs is 1. The molecule has 136 valence electrons. The van der Waals surface area contributed by atoms with Crippen LogP contribution in [0.1, 0.15) is 17.9 Å². The van der Waals surface area contributed by atoms with Crippen molar-refractivity contribution in [3.05, 3.63) is 60.3 Å². The maximum Gasteiger partial charge on any atom is 0.134 e. The van der Waals surface area contributed by atoms with Crippen molar-refractivity contribution in [2.75, 3.05) is 13.1 Å². The number of benzene rings is 2. The van der Waals surface area contributed by atoms with Gasteiger partial charge in [-0.3, -0.25) is 5.10 Å². The molecule has 2 aromatic carbocycles. The molecule has 3 heterocycles. The molecule has 0 aliphatic carbocycles. The van der Waals surface area contributed by atoms with E-state index in [0.717, 1.165) is 46.5 Å². The van der Waals surface area contributed by atoms with Gasteiger partial charge in [-0.05, 0) is 36.7 Å². The fourth-order valence-electron chi connectivity index (χ4n) is 3.76. The number of hydrogen-bond donors (Lipinski definition) is 3. The molecule has 0 bridgehead atoms. The molecule has 4 aromatic rings. The highest BCUT2D eigenvalue weighted by Gasteiger charge is 2.24. The third-order valence-electron chi connectivity index (χ3n) is 5.24. The largest absolute Gasteiger partial charge is 0.391 e. The van der Waals surface area contributed by atoms with Gasteiger partial charge >= 0.3 is 0 Å². The Balaban J connectivity index is 1.43. The van der Waals surface area contributed by atoms with E-state index in [2.05, 4.69) is 38.0 Å². The molecular formula is C20H20N6O. The van der Waals surface area contributed by atoms with Crippen LogP contribution in [0.2, 0.25) is 0 Å². The van der Waals surface area contributed by atoms with E-state index in [1.807, 2.05) is 42.6 Å². The Kier molecular flexibility index (Phi) is 3.95. The number of aromatic amines is 1. The van der Waals surface area contributed by atoms with E-state index >= 15 is 0 Å². The number of aliphatic hydroxyl groups is 1. The standard InChI is InChI=1S/C20H20N6O/c27-19-11-21-10-9-15(19)13-5-7-14(8-6-13)26-12-18(23-25-26)20-16-3-1-2-4-17(16)22-24-20/h1-8,12,15,19,21,27H,9-11H2,(H,22,24)/t15-,19-/m0/s1. The number of aromatic nitrogens is 5. The second kappa shape index (κ2) is 6.61. The van der Waals surface area contributed by atoms with Crippen LogP contribution in [-0.2, 0) is 0 Å². The van der Waals surface area contributed by atoms with Gasteiger partial charge in [0.1, 0.15) is 11.4 Å². The maximum absolute atomic E-state index is 10.2. The Morgan fingerprint density at radius 3 is 2.78 bits per heavy atom. The first-order chi connectivity index (χ1) is 13.3. The molecule has 5 rings (SSSR count). The van der Waals surface area contributed by atoms with E-state index < -0.39 is 0 Å². The van der Waals surface area contributed by atoms with Crippen LogP contribution < -0.4 is 5.32 Å². The van der Waals surface area contributed by atoms with Crippen molar-refractivity contribution in [1.82, 2.24) is 30.5 Å². The summed E-state index contributed by atoms with van der Waals surface area (Å²) in [5, 5.41) is 30.4. The molecule has 2 atom stereocenters. The van der Waals surface area contributed by atoms with Crippen LogP contribution in [0.3, 0.4) is 0 Å². The van der Waals surface area contributed by atoms with Crippen LogP contribution in [0.4, 0.5) is 0 Å². The van der Waals surface area contributed by atoms with Crippen LogP contribution in [0, 0.1) is 0 Å². The fraction of sp³-hybridized carbons (Fsp3) is 0.250. The smallest absolute Gasteiger partial charge is 0.134 e. The highest BCUT2D eigenvalue weighted by molar-refractivity contribution is 5.91. The van der Waals surface area contributed by atoms with Crippen LogP contribution >= 0.6 is 0 Å². The normalized spacial score (nSPS) is 20.2. The minimum atomic E-state index is -0.337. The zero-order valence-corrected chi connectivity index (χ0v) is 14.7. The number of H-pyrrole nitrogens is 1. The van der Waals surface area contributed by atoms with E-state index in [9.17, 15) is 5.11 Å². The molecular weight excluding hydrogens is 340 g/mol. The Hall–Kier alpha value is -3.03. The van der Waals surface area contributed by atoms with E-state index in [-0.39, 0.29) is 12.0 Å². The lowest BCUT2D eigenvalue weighted by Crippen LogP contribution is -2.39. The quantitative estimate of drug-likeness (QED) is 0.521. The van der Waals surface area contributed by atoms with Crippen LogP contribution in [0.15, 0.2) is 54.7 Å². The first kappa shape index (κ1) is 16.2. The number of para-hydroxylation sites is 1. The lowest BCUT2D eigenvalue weighted by atomic mass is 9.88. The zero-order valence-electron chi connectivity index (χ0n) is 14.7. The molecule has 7 heteroatoms. The molecule has 27 heavy (non-hydrogen) atoms. The summed E-state index contributed by atoms with van der Waals surface area (Å²) in [5.74, 6) is 0.182. The van der Waals surface area contributed by atoms with Crippen LogP contribution in [0.5, 0.6) is 0 Å². The number of nitrogens with one attached hydrogen (secondary N) is 2. The van der Waals surface area contributed by atoms with Crippen molar-refractivity contribution in [3.63, 3.8) is 0 Å². The van der Waals surface area contributed by atoms with E-state index in [4.69, 9.17) is 0 Å². The van der Waals surface area contributed by atoms with Gasteiger partial charge < -0.3 is 10.4 Å². The molecule has 3 N–H and O–H groups in total. The van der Waals surface area contributed by atoms with Gasteiger partial charge in [-0.2, -0.15) is 5.10 Å². The van der Waals surface area contributed by atoms with Crippen molar-refractivity contribution in [2.45, 2.75) is 18.4 Å². The lowest BCUT2D eigenvalue weighted by Gasteiger charge is -2.28. The van der Waals surface area contributed by atoms with Crippen LogP contribution in [-0.4, -0.2) is 49.5 Å². The van der Waals surface area contributed by atoms with Gasteiger partial charge in [0.2, 0.25) is 0 Å². The van der Waals surface area contributed by atoms with Gasteiger partial charge in [-0.25, -0.2) is 4.68 Å². The van der Waals surface area contributed by atoms with Crippen molar-refractivity contribution < 1.29 is 5.11 Å². The van der Waals surface area contributed by atoms with Crippen molar-refractivity contribution in [1.29, 1.82) is 0 Å². The third kappa shape index (κ3) is 2.90. The zero-order chi connectivity index (χ0) is 18.2. The summed E-state index contributed by atoms with van der Waals surface area (Å²) in [5.41, 5.74) is 4.59. The van der Waals surface area contributed by atoms with Gasteiger partial charge in [-0.15, -0.1) is 5.10 Å². The molecule has 0 saturated carbocycles. The molecule has 0 radical (unpaired) electrons. The summed E-state index contributed by atoms with van der Waals surface area (Å²) in [6.07, 6.45) is 2.49. The summed E-state index contributed by atoms with van der Waals surface area (Å²) in [4.78, 5) is 0. The summed E-state index contributed by atoms with van der Waals surface area (Å²) < 4.78 is 1.75. The number of aliphatic hydroxyl groups excluding tert-OH is 1. The lowest BCUT2D eigenvalue weighted by molar-refractivity contribution is 0.118. The SMILES string of the molecule is O[C@H]1CNCC[C@H]1c1ccc(-n2cc(-c3n[nH]c4ccccc34)nn2)cc1. The van der Waals surface area contributed by atoms with Gasteiger partial charge in [0.25, 0.3) is 0 Å². The van der Waals surface area contributed by atoms with Gasteiger partial charge in [0.05, 0.1) is 23.5 Å². The highest BCUT2D eigenvalue weighted by Crippen LogP contribution is 2.27. The Morgan fingerprint density at radius 2 is 1.93 bits per heavy atom. The molecule has 0 unspecified atom stereocenters.